The number of β-lactam (4-membered cyclic amide) rings is 1. The van der Waals surface area contributed by atoms with Crippen LogP contribution in [0.2, 0.25) is 0 Å². The summed E-state index contributed by atoms with van der Waals surface area (Å²) in [6.07, 6.45) is -0.803. The number of hydrogen-bond acceptors (Lipinski definition) is 8. The third-order valence-corrected chi connectivity index (χ3v) is 6.55. The van der Waals surface area contributed by atoms with Crippen LogP contribution in [0.4, 0.5) is 4.79 Å². The molecule has 0 unspecified atom stereocenters. The van der Waals surface area contributed by atoms with Crippen molar-refractivity contribution in [3.05, 3.63) is 33.7 Å². The van der Waals surface area contributed by atoms with Crippen molar-refractivity contribution in [2.75, 3.05) is 12.4 Å². The zero-order chi connectivity index (χ0) is 21.2. The highest BCUT2D eigenvalue weighted by Crippen LogP contribution is 2.45. The number of rotatable bonds is 8. The lowest BCUT2D eigenvalue weighted by Gasteiger charge is -2.56. The summed E-state index contributed by atoms with van der Waals surface area (Å²) < 4.78 is 4.65. The molecular formula is C16H16N4O7S2. The van der Waals surface area contributed by atoms with Crippen LogP contribution in [0.15, 0.2) is 28.8 Å². The smallest absolute Gasteiger partial charge is 0.404 e. The van der Waals surface area contributed by atoms with Gasteiger partial charge in [0.05, 0.1) is 6.42 Å². The Balaban J connectivity index is 1.85. The van der Waals surface area contributed by atoms with Crippen molar-refractivity contribution in [3.8, 4) is 0 Å². The van der Waals surface area contributed by atoms with E-state index in [1.54, 1.807) is 17.5 Å². The third kappa shape index (κ3) is 3.78. The summed E-state index contributed by atoms with van der Waals surface area (Å²) in [5.74, 6) is -2.63. The van der Waals surface area contributed by atoms with Crippen LogP contribution in [0.25, 0.3) is 0 Å². The van der Waals surface area contributed by atoms with Crippen molar-refractivity contribution in [1.29, 1.82) is 0 Å². The van der Waals surface area contributed by atoms with E-state index in [1.165, 1.54) is 11.3 Å². The van der Waals surface area contributed by atoms with Crippen LogP contribution in [0.3, 0.4) is 0 Å². The zero-order valence-corrected chi connectivity index (χ0v) is 16.4. The molecule has 0 saturated carbocycles. The molecule has 0 aliphatic carbocycles. The van der Waals surface area contributed by atoms with Crippen molar-refractivity contribution in [2.45, 2.75) is 17.5 Å². The summed E-state index contributed by atoms with van der Waals surface area (Å²) in [6, 6.07) is 3.53. The second-order valence-electron chi connectivity index (χ2n) is 6.08. The summed E-state index contributed by atoms with van der Waals surface area (Å²) in [5, 5.41) is 15.4. The van der Waals surface area contributed by atoms with Gasteiger partial charge in [0.2, 0.25) is 18.0 Å². The summed E-state index contributed by atoms with van der Waals surface area (Å²) in [6.45, 7) is -0.390. The highest BCUT2D eigenvalue weighted by atomic mass is 32.2. The first-order valence-corrected chi connectivity index (χ1v) is 10.1. The van der Waals surface area contributed by atoms with Crippen molar-refractivity contribution < 1.29 is 33.8 Å². The number of nitrogens with two attached hydrogens (primary N) is 1. The Labute approximate surface area is 172 Å². The van der Waals surface area contributed by atoms with E-state index < -0.39 is 34.9 Å². The molecule has 11 nitrogen and oxygen atoms in total. The standard InChI is InChI=1S/C16H16N4O7S2/c17-15(26)27-5-8-6-29-14-16(18-7-21,13(25)20(14)11(8)12(23)24)19-10(22)4-9-2-1-3-28-9/h1-3,7,14H,4-6H2,(H2,17,26)(H,18,21)(H,19,22)(H,23,24)/t14-,16-/m1/s1. The van der Waals surface area contributed by atoms with Crippen molar-refractivity contribution in [3.63, 3.8) is 0 Å². The number of aliphatic carboxylic acids is 1. The number of nitrogens with one attached hydrogen (secondary N) is 2. The molecule has 13 heteroatoms. The lowest BCUT2D eigenvalue weighted by atomic mass is 9.94. The summed E-state index contributed by atoms with van der Waals surface area (Å²) >= 11 is 2.48. The Morgan fingerprint density at radius 1 is 1.45 bits per heavy atom. The molecule has 4 amide bonds. The van der Waals surface area contributed by atoms with Crippen LogP contribution in [0.5, 0.6) is 0 Å². The summed E-state index contributed by atoms with van der Waals surface area (Å²) in [5.41, 5.74) is 2.96. The van der Waals surface area contributed by atoms with E-state index in [2.05, 4.69) is 15.4 Å². The average molecular weight is 440 g/mol. The van der Waals surface area contributed by atoms with E-state index in [9.17, 15) is 29.1 Å². The quantitative estimate of drug-likeness (QED) is 0.231. The molecule has 3 rings (SSSR count). The van der Waals surface area contributed by atoms with Gasteiger partial charge in [-0.15, -0.1) is 23.1 Å². The molecule has 0 aromatic carbocycles. The fourth-order valence-corrected chi connectivity index (χ4v) is 5.21. The van der Waals surface area contributed by atoms with Crippen LogP contribution in [0, 0.1) is 0 Å². The number of carboxylic acid groups (broad SMARTS) is 1. The molecule has 1 fully saturated rings. The number of thioether (sulfide) groups is 1. The molecule has 2 aliphatic rings. The number of hydrogen-bond donors (Lipinski definition) is 4. The Bertz CT molecular complexity index is 901. The Morgan fingerprint density at radius 2 is 2.21 bits per heavy atom. The number of fused-ring (bicyclic) bond motifs is 1. The van der Waals surface area contributed by atoms with Crippen molar-refractivity contribution >= 4 is 53.4 Å². The second kappa shape index (κ2) is 8.13. The molecule has 0 radical (unpaired) electrons. The lowest BCUT2D eigenvalue weighted by molar-refractivity contribution is -0.162. The predicted molar refractivity (Wildman–Crippen MR) is 101 cm³/mol. The summed E-state index contributed by atoms with van der Waals surface area (Å²) in [7, 11) is 0. The first-order chi connectivity index (χ1) is 13.8. The van der Waals surface area contributed by atoms with Crippen LogP contribution in [0.1, 0.15) is 4.88 Å². The SMILES string of the molecule is NC(=O)OCC1=C(C(=O)O)N2C(=O)[C@@](NC=O)(NC(=O)Cc3cccs3)[C@H]2SC1. The average Bonchev–Trinajstić information content (AvgIpc) is 3.17. The van der Waals surface area contributed by atoms with Gasteiger partial charge >= 0.3 is 12.1 Å². The Morgan fingerprint density at radius 3 is 2.79 bits per heavy atom. The number of thiophene rings is 1. The highest BCUT2D eigenvalue weighted by Gasteiger charge is 2.66. The number of carbonyl (C=O) groups excluding carboxylic acids is 4. The molecule has 5 N–H and O–H groups in total. The molecule has 3 heterocycles. The molecule has 1 aromatic heterocycles. The molecule has 1 aromatic rings. The largest absolute Gasteiger partial charge is 0.477 e. The number of ether oxygens (including phenoxy) is 1. The first-order valence-electron chi connectivity index (χ1n) is 8.17. The molecule has 1 saturated heterocycles. The van der Waals surface area contributed by atoms with Gasteiger partial charge in [-0.25, -0.2) is 9.59 Å². The van der Waals surface area contributed by atoms with Crippen molar-refractivity contribution in [2.24, 2.45) is 5.73 Å². The summed E-state index contributed by atoms with van der Waals surface area (Å²) in [4.78, 5) is 60.8. The topological polar surface area (TPSA) is 168 Å². The van der Waals surface area contributed by atoms with Crippen LogP contribution >= 0.6 is 23.1 Å². The van der Waals surface area contributed by atoms with E-state index in [-0.39, 0.29) is 36.5 Å². The number of nitrogens with zero attached hydrogens (tertiary/aromatic N) is 1. The number of amides is 4. The molecule has 0 spiro atoms. The maximum Gasteiger partial charge on any atom is 0.404 e. The molecule has 2 atom stereocenters. The van der Waals surface area contributed by atoms with Gasteiger partial charge in [0.15, 0.2) is 0 Å². The Kier molecular flexibility index (Phi) is 5.79. The minimum Gasteiger partial charge on any atom is -0.477 e. The third-order valence-electron chi connectivity index (χ3n) is 4.28. The monoisotopic (exact) mass is 440 g/mol. The fourth-order valence-electron chi connectivity index (χ4n) is 3.10. The van der Waals surface area contributed by atoms with Gasteiger partial charge in [0, 0.05) is 16.2 Å². The number of carboxylic acids is 1. The van der Waals surface area contributed by atoms with Gasteiger partial charge in [-0.05, 0) is 11.4 Å². The Hall–Kier alpha value is -3.06. The molecule has 154 valence electrons. The van der Waals surface area contributed by atoms with E-state index in [4.69, 9.17) is 5.73 Å². The van der Waals surface area contributed by atoms with Crippen LogP contribution < -0.4 is 16.4 Å². The second-order valence-corrected chi connectivity index (χ2v) is 8.18. The van der Waals surface area contributed by atoms with Gasteiger partial charge in [-0.2, -0.15) is 0 Å². The van der Waals surface area contributed by atoms with Gasteiger partial charge < -0.3 is 26.2 Å². The van der Waals surface area contributed by atoms with Crippen LogP contribution in [-0.2, 0) is 30.3 Å². The van der Waals surface area contributed by atoms with E-state index in [0.717, 1.165) is 21.5 Å². The van der Waals surface area contributed by atoms with Crippen LogP contribution in [-0.4, -0.2) is 63.7 Å². The fraction of sp³-hybridized carbons (Fsp3) is 0.312. The van der Waals surface area contributed by atoms with Gasteiger partial charge in [0.1, 0.15) is 17.7 Å². The lowest BCUT2D eigenvalue weighted by Crippen LogP contribution is -2.85. The van der Waals surface area contributed by atoms with E-state index in [0.29, 0.717) is 0 Å². The van der Waals surface area contributed by atoms with Gasteiger partial charge in [-0.1, -0.05) is 6.07 Å². The van der Waals surface area contributed by atoms with Crippen molar-refractivity contribution in [1.82, 2.24) is 15.5 Å². The predicted octanol–water partition coefficient (Wildman–Crippen LogP) is -0.802. The maximum absolute atomic E-state index is 12.9. The van der Waals surface area contributed by atoms with E-state index in [1.807, 2.05) is 0 Å². The maximum atomic E-state index is 12.9. The molecular weight excluding hydrogens is 424 g/mol. The van der Waals surface area contributed by atoms with E-state index >= 15 is 0 Å². The number of primary amides is 1. The highest BCUT2D eigenvalue weighted by molar-refractivity contribution is 8.00. The minimum absolute atomic E-state index is 0.00392. The number of carbonyl (C=O) groups is 5. The molecule has 2 aliphatic heterocycles. The van der Waals surface area contributed by atoms with Gasteiger partial charge in [-0.3, -0.25) is 19.3 Å². The van der Waals surface area contributed by atoms with Gasteiger partial charge in [0.25, 0.3) is 5.91 Å². The minimum atomic E-state index is -1.77. The first kappa shape index (κ1) is 20.7. The molecule has 0 bridgehead atoms. The zero-order valence-electron chi connectivity index (χ0n) is 14.7. The molecule has 29 heavy (non-hydrogen) atoms. The normalized spacial score (nSPS) is 23.0.